The molecule has 1 aliphatic heterocycles. The first-order valence-corrected chi connectivity index (χ1v) is 9.93. The van der Waals surface area contributed by atoms with Crippen LogP contribution in [-0.2, 0) is 14.6 Å². The van der Waals surface area contributed by atoms with Gasteiger partial charge in [-0.15, -0.1) is 0 Å². The zero-order chi connectivity index (χ0) is 17.7. The van der Waals surface area contributed by atoms with Crippen molar-refractivity contribution in [2.24, 2.45) is 0 Å². The Balaban J connectivity index is 1.83. The smallest absolute Gasteiger partial charge is 0.222 e. The molecule has 0 spiro atoms. The van der Waals surface area contributed by atoms with Crippen molar-refractivity contribution in [3.63, 3.8) is 0 Å². The maximum Gasteiger partial charge on any atom is 0.222 e. The summed E-state index contributed by atoms with van der Waals surface area (Å²) < 4.78 is 36.0. The number of halogens is 1. The number of hydrogen-bond acceptors (Lipinski definition) is 4. The topological polar surface area (TPSA) is 71.5 Å². The van der Waals surface area contributed by atoms with Crippen molar-refractivity contribution in [2.75, 3.05) is 18.1 Å². The highest BCUT2D eigenvalue weighted by molar-refractivity contribution is 7.91. The third-order valence-corrected chi connectivity index (χ3v) is 6.02. The van der Waals surface area contributed by atoms with Gasteiger partial charge in [0, 0.05) is 31.0 Å². The monoisotopic (exact) mass is 355 g/mol. The van der Waals surface area contributed by atoms with E-state index in [0.29, 0.717) is 24.9 Å². The summed E-state index contributed by atoms with van der Waals surface area (Å²) in [7, 11) is -3.04. The molecule has 1 heterocycles. The second-order valence-corrected chi connectivity index (χ2v) is 8.25. The Morgan fingerprint density at radius 2 is 1.88 bits per heavy atom. The molecule has 24 heavy (non-hydrogen) atoms. The van der Waals surface area contributed by atoms with Crippen molar-refractivity contribution in [1.82, 2.24) is 4.90 Å². The van der Waals surface area contributed by atoms with E-state index in [1.807, 2.05) is 6.92 Å². The third-order valence-electron chi connectivity index (χ3n) is 4.27. The van der Waals surface area contributed by atoms with Crippen LogP contribution in [0.2, 0.25) is 0 Å². The average Bonchev–Trinajstić information content (AvgIpc) is 2.88. The lowest BCUT2D eigenvalue weighted by atomic mass is 10.0. The molecule has 1 aliphatic rings. The molecule has 7 heteroatoms. The number of benzene rings is 1. The molecular formula is C17H22FNO4S. The Hall–Kier alpha value is -1.76. The van der Waals surface area contributed by atoms with E-state index in [2.05, 4.69) is 0 Å². The number of rotatable bonds is 7. The standard InChI is InChI=1S/C17H22FNO4S/c1-2-19(15-10-11-24(22,23)12-15)17(21)5-3-4-16(20)13-6-8-14(18)9-7-13/h6-9,15H,2-5,10-12H2,1H3. The second-order valence-electron chi connectivity index (χ2n) is 6.02. The maximum atomic E-state index is 12.8. The molecule has 0 aliphatic carbocycles. The lowest BCUT2D eigenvalue weighted by Gasteiger charge is -2.26. The van der Waals surface area contributed by atoms with E-state index in [0.717, 1.165) is 0 Å². The SMILES string of the molecule is CCN(C(=O)CCCC(=O)c1ccc(F)cc1)C1CCS(=O)(=O)C1. The average molecular weight is 355 g/mol. The summed E-state index contributed by atoms with van der Waals surface area (Å²) >= 11 is 0. The first-order valence-electron chi connectivity index (χ1n) is 8.11. The third kappa shape index (κ3) is 4.87. The largest absolute Gasteiger partial charge is 0.339 e. The minimum absolute atomic E-state index is 0.0289. The molecule has 1 fully saturated rings. The highest BCUT2D eigenvalue weighted by Crippen LogP contribution is 2.19. The number of hydrogen-bond donors (Lipinski definition) is 0. The van der Waals surface area contributed by atoms with E-state index in [9.17, 15) is 22.4 Å². The van der Waals surface area contributed by atoms with Crippen LogP contribution in [0.5, 0.6) is 0 Å². The highest BCUT2D eigenvalue weighted by Gasteiger charge is 2.33. The zero-order valence-electron chi connectivity index (χ0n) is 13.7. The van der Waals surface area contributed by atoms with Gasteiger partial charge in [-0.3, -0.25) is 9.59 Å². The van der Waals surface area contributed by atoms with Crippen LogP contribution in [-0.4, -0.2) is 49.1 Å². The van der Waals surface area contributed by atoms with Gasteiger partial charge in [-0.25, -0.2) is 12.8 Å². The van der Waals surface area contributed by atoms with Crippen molar-refractivity contribution >= 4 is 21.5 Å². The Bertz CT molecular complexity index is 700. The summed E-state index contributed by atoms with van der Waals surface area (Å²) in [4.78, 5) is 25.9. The van der Waals surface area contributed by atoms with E-state index in [1.165, 1.54) is 24.3 Å². The van der Waals surface area contributed by atoms with Gasteiger partial charge in [0.05, 0.1) is 11.5 Å². The molecule has 5 nitrogen and oxygen atoms in total. The molecule has 0 saturated carbocycles. The van der Waals surface area contributed by atoms with Gasteiger partial charge in [-0.2, -0.15) is 0 Å². The van der Waals surface area contributed by atoms with Crippen LogP contribution in [0.3, 0.4) is 0 Å². The van der Waals surface area contributed by atoms with E-state index in [-0.39, 0.29) is 42.1 Å². The van der Waals surface area contributed by atoms with Crippen molar-refractivity contribution < 1.29 is 22.4 Å². The van der Waals surface area contributed by atoms with Crippen LogP contribution in [0.25, 0.3) is 0 Å². The molecule has 0 bridgehead atoms. The van der Waals surface area contributed by atoms with Crippen LogP contribution < -0.4 is 0 Å². The van der Waals surface area contributed by atoms with E-state index >= 15 is 0 Å². The zero-order valence-corrected chi connectivity index (χ0v) is 14.5. The van der Waals surface area contributed by atoms with Crippen LogP contribution in [0.1, 0.15) is 43.0 Å². The quantitative estimate of drug-likeness (QED) is 0.703. The van der Waals surface area contributed by atoms with Crippen molar-refractivity contribution in [1.29, 1.82) is 0 Å². The molecule has 1 amide bonds. The van der Waals surface area contributed by atoms with Crippen molar-refractivity contribution in [2.45, 2.75) is 38.6 Å². The summed E-state index contributed by atoms with van der Waals surface area (Å²) in [5, 5.41) is 0. The number of ketones is 1. The first-order chi connectivity index (χ1) is 11.3. The van der Waals surface area contributed by atoms with Crippen LogP contribution >= 0.6 is 0 Å². The number of carbonyl (C=O) groups is 2. The van der Waals surface area contributed by atoms with Crippen molar-refractivity contribution in [3.05, 3.63) is 35.6 Å². The summed E-state index contributed by atoms with van der Waals surface area (Å²) in [6.45, 7) is 2.29. The van der Waals surface area contributed by atoms with E-state index in [4.69, 9.17) is 0 Å². The molecule has 1 atom stereocenters. The Labute approximate surface area is 141 Å². The Morgan fingerprint density at radius 3 is 2.42 bits per heavy atom. The van der Waals surface area contributed by atoms with Crippen LogP contribution in [0.15, 0.2) is 24.3 Å². The van der Waals surface area contributed by atoms with Gasteiger partial charge in [-0.1, -0.05) is 0 Å². The summed E-state index contributed by atoms with van der Waals surface area (Å²) in [6.07, 6.45) is 1.29. The number of sulfone groups is 1. The molecule has 1 aromatic rings. The van der Waals surface area contributed by atoms with Gasteiger partial charge < -0.3 is 4.90 Å². The number of carbonyl (C=O) groups excluding carboxylic acids is 2. The fourth-order valence-electron chi connectivity index (χ4n) is 2.98. The summed E-state index contributed by atoms with van der Waals surface area (Å²) in [6, 6.07) is 5.08. The minimum atomic E-state index is -3.04. The van der Waals surface area contributed by atoms with Gasteiger partial charge in [0.1, 0.15) is 5.82 Å². The predicted molar refractivity (Wildman–Crippen MR) is 89.0 cm³/mol. The van der Waals surface area contributed by atoms with Crippen LogP contribution in [0.4, 0.5) is 4.39 Å². The summed E-state index contributed by atoms with van der Waals surface area (Å²) in [5.74, 6) is -0.487. The first kappa shape index (κ1) is 18.6. The Morgan fingerprint density at radius 1 is 1.21 bits per heavy atom. The molecule has 1 unspecified atom stereocenters. The van der Waals surface area contributed by atoms with Gasteiger partial charge in [0.2, 0.25) is 5.91 Å². The van der Waals surface area contributed by atoms with Gasteiger partial charge in [0.25, 0.3) is 0 Å². The second kappa shape index (κ2) is 7.88. The highest BCUT2D eigenvalue weighted by atomic mass is 32.2. The number of Topliss-reactive ketones (excluding diaryl/α,β-unsaturated/α-hetero) is 1. The van der Waals surface area contributed by atoms with E-state index in [1.54, 1.807) is 4.90 Å². The van der Waals surface area contributed by atoms with E-state index < -0.39 is 15.7 Å². The molecule has 0 aromatic heterocycles. The van der Waals surface area contributed by atoms with Crippen molar-refractivity contribution in [3.8, 4) is 0 Å². The molecule has 1 saturated heterocycles. The molecular weight excluding hydrogens is 333 g/mol. The molecule has 132 valence electrons. The fraction of sp³-hybridized carbons (Fsp3) is 0.529. The minimum Gasteiger partial charge on any atom is -0.339 e. The Kier molecular flexibility index (Phi) is 6.10. The lowest BCUT2D eigenvalue weighted by Crippen LogP contribution is -2.40. The number of nitrogens with zero attached hydrogens (tertiary/aromatic N) is 1. The predicted octanol–water partition coefficient (Wildman–Crippen LogP) is 2.21. The molecule has 0 N–H and O–H groups in total. The van der Waals surface area contributed by atoms with Crippen LogP contribution in [0, 0.1) is 5.82 Å². The fourth-order valence-corrected chi connectivity index (χ4v) is 4.71. The molecule has 2 rings (SSSR count). The molecule has 0 radical (unpaired) electrons. The molecule has 1 aromatic carbocycles. The van der Waals surface area contributed by atoms with Gasteiger partial charge in [-0.05, 0) is 44.0 Å². The van der Waals surface area contributed by atoms with Gasteiger partial charge in [0.15, 0.2) is 15.6 Å². The summed E-state index contributed by atoms with van der Waals surface area (Å²) in [5.41, 5.74) is 0.429. The maximum absolute atomic E-state index is 12.8. The number of amides is 1. The lowest BCUT2D eigenvalue weighted by molar-refractivity contribution is -0.132. The normalized spacial score (nSPS) is 19.2. The van der Waals surface area contributed by atoms with Gasteiger partial charge >= 0.3 is 0 Å².